The number of aryl methyl sites for hydroxylation is 1. The fourth-order valence-electron chi connectivity index (χ4n) is 3.24. The van der Waals surface area contributed by atoms with Crippen molar-refractivity contribution in [2.24, 2.45) is 0 Å². The molecule has 0 atom stereocenters. The summed E-state index contributed by atoms with van der Waals surface area (Å²) in [6.45, 7) is 9.49. The Labute approximate surface area is 166 Å². The molecule has 2 aromatic rings. The Kier molecular flexibility index (Phi) is 5.99. The van der Waals surface area contributed by atoms with Gasteiger partial charge in [0.25, 0.3) is 0 Å². The van der Waals surface area contributed by atoms with Crippen LogP contribution < -0.4 is 4.74 Å². The van der Waals surface area contributed by atoms with Gasteiger partial charge in [-0.1, -0.05) is 26.7 Å². The van der Waals surface area contributed by atoms with E-state index in [2.05, 4.69) is 54.9 Å². The molecule has 0 radical (unpaired) electrons. The summed E-state index contributed by atoms with van der Waals surface area (Å²) in [4.78, 5) is 11.5. The molecule has 1 aliphatic heterocycles. The van der Waals surface area contributed by atoms with Crippen LogP contribution in [0.2, 0.25) is 0 Å². The number of fused-ring (bicyclic) bond motifs is 1. The Morgan fingerprint density at radius 2 is 2.04 bits per heavy atom. The van der Waals surface area contributed by atoms with Gasteiger partial charge in [0.2, 0.25) is 0 Å². The number of carbonyl (C=O) groups excluding carboxylic acids is 1. The summed E-state index contributed by atoms with van der Waals surface area (Å²) in [5.41, 5.74) is 4.59. The van der Waals surface area contributed by atoms with Gasteiger partial charge in [0.15, 0.2) is 0 Å². The van der Waals surface area contributed by atoms with Gasteiger partial charge in [0.1, 0.15) is 11.4 Å². The van der Waals surface area contributed by atoms with E-state index < -0.39 is 0 Å². The van der Waals surface area contributed by atoms with Crippen molar-refractivity contribution in [2.45, 2.75) is 52.4 Å². The molecule has 0 saturated heterocycles. The first-order valence-electron chi connectivity index (χ1n) is 9.73. The van der Waals surface area contributed by atoms with Crippen LogP contribution in [0, 0.1) is 11.8 Å². The van der Waals surface area contributed by atoms with Crippen molar-refractivity contribution < 1.29 is 14.3 Å². The molecular formula is C23H26N2O3. The lowest BCUT2D eigenvalue weighted by molar-refractivity contribution is -0.142. The van der Waals surface area contributed by atoms with E-state index in [1.807, 2.05) is 0 Å². The second kappa shape index (κ2) is 8.43. The molecule has 1 aromatic heterocycles. The Bertz CT molecular complexity index is 921. The quantitative estimate of drug-likeness (QED) is 0.601. The van der Waals surface area contributed by atoms with Gasteiger partial charge in [-0.05, 0) is 60.9 Å². The molecule has 3 rings (SSSR count). The highest BCUT2D eigenvalue weighted by molar-refractivity contribution is 5.71. The minimum Gasteiger partial charge on any atom is -0.493 e. The number of ether oxygens (including phenoxy) is 2. The van der Waals surface area contributed by atoms with E-state index in [1.54, 1.807) is 19.1 Å². The molecule has 0 fully saturated rings. The molecule has 28 heavy (non-hydrogen) atoms. The first kappa shape index (κ1) is 19.9. The van der Waals surface area contributed by atoms with Crippen LogP contribution in [0.1, 0.15) is 62.2 Å². The van der Waals surface area contributed by atoms with E-state index in [0.717, 1.165) is 36.3 Å². The van der Waals surface area contributed by atoms with Gasteiger partial charge in [-0.15, -0.1) is 5.10 Å². The van der Waals surface area contributed by atoms with E-state index >= 15 is 0 Å². The third kappa shape index (κ3) is 4.51. The van der Waals surface area contributed by atoms with Gasteiger partial charge < -0.3 is 9.47 Å². The van der Waals surface area contributed by atoms with Crippen molar-refractivity contribution >= 4 is 5.97 Å². The molecule has 1 aliphatic rings. The molecule has 1 aromatic carbocycles. The van der Waals surface area contributed by atoms with Gasteiger partial charge in [0, 0.05) is 11.1 Å². The summed E-state index contributed by atoms with van der Waals surface area (Å²) in [6.07, 6.45) is 1.99. The van der Waals surface area contributed by atoms with E-state index in [-0.39, 0.29) is 17.8 Å². The van der Waals surface area contributed by atoms with Crippen molar-refractivity contribution in [3.8, 4) is 17.6 Å². The van der Waals surface area contributed by atoms with Crippen LogP contribution in [0.3, 0.4) is 0 Å². The number of hydrogen-bond acceptors (Lipinski definition) is 5. The molecule has 5 heteroatoms. The third-order valence-corrected chi connectivity index (χ3v) is 4.98. The minimum absolute atomic E-state index is 0.0742. The SMILES string of the molecule is CCOC(=O)Cc1ccc(C#Cc2cc3c(cc2CC)OCCC3(C)C)nn1. The molecule has 0 amide bonds. The number of aromatic nitrogens is 2. The zero-order valence-electron chi connectivity index (χ0n) is 17.0. The Hall–Kier alpha value is -2.87. The number of nitrogens with zero attached hydrogens (tertiary/aromatic N) is 2. The Balaban J connectivity index is 1.84. The largest absolute Gasteiger partial charge is 0.493 e. The summed E-state index contributed by atoms with van der Waals surface area (Å²) in [5, 5.41) is 8.20. The van der Waals surface area contributed by atoms with Crippen LogP contribution in [-0.4, -0.2) is 29.4 Å². The zero-order valence-corrected chi connectivity index (χ0v) is 17.0. The summed E-state index contributed by atoms with van der Waals surface area (Å²) < 4.78 is 10.8. The summed E-state index contributed by atoms with van der Waals surface area (Å²) in [6, 6.07) is 7.82. The van der Waals surface area contributed by atoms with Gasteiger partial charge >= 0.3 is 5.97 Å². The molecule has 0 saturated carbocycles. The fraction of sp³-hybridized carbons (Fsp3) is 0.435. The first-order valence-corrected chi connectivity index (χ1v) is 9.73. The van der Waals surface area contributed by atoms with Gasteiger partial charge in [-0.2, -0.15) is 5.10 Å². The first-order chi connectivity index (χ1) is 13.4. The predicted molar refractivity (Wildman–Crippen MR) is 107 cm³/mol. The standard InChI is InChI=1S/C23H26N2O3/c1-5-16-14-21-20(23(3,4)11-12-28-21)13-17(16)7-8-18-9-10-19(25-24-18)15-22(26)27-6-2/h9-10,13-14H,5-6,11-12,15H2,1-4H3. The monoisotopic (exact) mass is 378 g/mol. The summed E-state index contributed by atoms with van der Waals surface area (Å²) >= 11 is 0. The van der Waals surface area contributed by atoms with Crippen LogP contribution in [0.15, 0.2) is 24.3 Å². The molecule has 0 unspecified atom stereocenters. The van der Waals surface area contributed by atoms with Crippen LogP contribution in [0.25, 0.3) is 0 Å². The Morgan fingerprint density at radius 3 is 2.71 bits per heavy atom. The maximum Gasteiger partial charge on any atom is 0.311 e. The van der Waals surface area contributed by atoms with Crippen molar-refractivity contribution in [1.29, 1.82) is 0 Å². The predicted octanol–water partition coefficient (Wildman–Crippen LogP) is 3.60. The molecule has 146 valence electrons. The number of carbonyl (C=O) groups is 1. The maximum atomic E-state index is 11.5. The van der Waals surface area contributed by atoms with Crippen LogP contribution >= 0.6 is 0 Å². The van der Waals surface area contributed by atoms with Crippen molar-refractivity contribution in [2.75, 3.05) is 13.2 Å². The molecule has 2 heterocycles. The van der Waals surface area contributed by atoms with Crippen molar-refractivity contribution in [1.82, 2.24) is 10.2 Å². The zero-order chi connectivity index (χ0) is 20.1. The van der Waals surface area contributed by atoms with Crippen molar-refractivity contribution in [3.05, 3.63) is 52.3 Å². The summed E-state index contributed by atoms with van der Waals surface area (Å²) in [7, 11) is 0. The highest BCUT2D eigenvalue weighted by Crippen LogP contribution is 2.39. The second-order valence-corrected chi connectivity index (χ2v) is 7.48. The maximum absolute atomic E-state index is 11.5. The molecule has 0 aliphatic carbocycles. The third-order valence-electron chi connectivity index (χ3n) is 4.98. The van der Waals surface area contributed by atoms with E-state index in [9.17, 15) is 4.79 Å². The number of esters is 1. The lowest BCUT2D eigenvalue weighted by Gasteiger charge is -2.33. The van der Waals surface area contributed by atoms with E-state index in [1.165, 1.54) is 5.56 Å². The summed E-state index contributed by atoms with van der Waals surface area (Å²) in [5.74, 6) is 7.01. The van der Waals surface area contributed by atoms with E-state index in [4.69, 9.17) is 9.47 Å². The smallest absolute Gasteiger partial charge is 0.311 e. The van der Waals surface area contributed by atoms with Gasteiger partial charge in [0.05, 0.1) is 25.3 Å². The highest BCUT2D eigenvalue weighted by Gasteiger charge is 2.29. The average Bonchev–Trinajstić information content (AvgIpc) is 2.67. The minimum atomic E-state index is -0.304. The normalized spacial score (nSPS) is 14.3. The number of hydrogen-bond donors (Lipinski definition) is 0. The average molecular weight is 378 g/mol. The van der Waals surface area contributed by atoms with Gasteiger partial charge in [-0.3, -0.25) is 4.79 Å². The number of rotatable bonds is 4. The molecular weight excluding hydrogens is 352 g/mol. The Morgan fingerprint density at radius 1 is 1.21 bits per heavy atom. The molecule has 0 spiro atoms. The lowest BCUT2D eigenvalue weighted by atomic mass is 9.78. The lowest BCUT2D eigenvalue weighted by Crippen LogP contribution is -2.27. The van der Waals surface area contributed by atoms with E-state index in [0.29, 0.717) is 18.0 Å². The van der Waals surface area contributed by atoms with Crippen LogP contribution in [0.5, 0.6) is 5.75 Å². The molecule has 5 nitrogen and oxygen atoms in total. The number of benzene rings is 1. The van der Waals surface area contributed by atoms with Crippen LogP contribution in [0.4, 0.5) is 0 Å². The highest BCUT2D eigenvalue weighted by atomic mass is 16.5. The fourth-order valence-corrected chi connectivity index (χ4v) is 3.24. The molecule has 0 N–H and O–H groups in total. The van der Waals surface area contributed by atoms with Crippen molar-refractivity contribution in [3.63, 3.8) is 0 Å². The second-order valence-electron chi connectivity index (χ2n) is 7.48. The molecule has 0 bridgehead atoms. The van der Waals surface area contributed by atoms with Gasteiger partial charge in [-0.25, -0.2) is 0 Å². The topological polar surface area (TPSA) is 61.3 Å². The van der Waals surface area contributed by atoms with Crippen LogP contribution in [-0.2, 0) is 27.8 Å².